The Kier molecular flexibility index (Phi) is 2.94. The highest BCUT2D eigenvalue weighted by Crippen LogP contribution is 2.23. The van der Waals surface area contributed by atoms with E-state index in [2.05, 4.69) is 4.98 Å². The molecular weight excluding hydrogens is 288 g/mol. The van der Waals surface area contributed by atoms with E-state index in [1.54, 1.807) is 18.2 Å². The Balaban J connectivity index is 2.08. The Morgan fingerprint density at radius 2 is 2.21 bits per heavy atom. The third-order valence-electron chi connectivity index (χ3n) is 3.59. The molecule has 102 valence electrons. The minimum atomic E-state index is -3.07. The molecule has 1 unspecified atom stereocenters. The maximum atomic E-state index is 11.9. The number of halogens is 1. The summed E-state index contributed by atoms with van der Waals surface area (Å²) in [5.74, 6) is 0.218. The number of hydrogen-bond donors (Lipinski definition) is 1. The van der Waals surface area contributed by atoms with E-state index < -0.39 is 15.1 Å². The summed E-state index contributed by atoms with van der Waals surface area (Å²) < 4.78 is 25.2. The van der Waals surface area contributed by atoms with Crippen LogP contribution in [0.4, 0.5) is 0 Å². The Morgan fingerprint density at radius 3 is 2.89 bits per heavy atom. The monoisotopic (exact) mass is 300 g/mol. The molecule has 1 fully saturated rings. The lowest BCUT2D eigenvalue weighted by molar-refractivity contribution is 0.566. The summed E-state index contributed by atoms with van der Waals surface area (Å²) in [6, 6.07) is 5.09. The van der Waals surface area contributed by atoms with E-state index in [1.165, 1.54) is 4.57 Å². The molecule has 2 heterocycles. The van der Waals surface area contributed by atoms with Gasteiger partial charge >= 0.3 is 5.69 Å². The van der Waals surface area contributed by atoms with Crippen molar-refractivity contribution < 1.29 is 8.42 Å². The number of nitrogens with zero attached hydrogens (tertiary/aromatic N) is 1. The minimum Gasteiger partial charge on any atom is -0.306 e. The number of rotatable bonds is 2. The van der Waals surface area contributed by atoms with Gasteiger partial charge in [0, 0.05) is 11.6 Å². The van der Waals surface area contributed by atoms with Gasteiger partial charge in [0.15, 0.2) is 9.84 Å². The Hall–Kier alpha value is -1.27. The highest BCUT2D eigenvalue weighted by Gasteiger charge is 2.32. The van der Waals surface area contributed by atoms with Crippen molar-refractivity contribution in [3.8, 4) is 0 Å². The van der Waals surface area contributed by atoms with Crippen LogP contribution in [0, 0.1) is 0 Å². The molecule has 1 aromatic heterocycles. The molecule has 3 rings (SSSR count). The van der Waals surface area contributed by atoms with E-state index in [9.17, 15) is 13.2 Å². The largest absolute Gasteiger partial charge is 0.326 e. The number of hydrogen-bond acceptors (Lipinski definition) is 3. The van der Waals surface area contributed by atoms with Gasteiger partial charge in [-0.2, -0.15) is 0 Å². The molecule has 2 aromatic rings. The van der Waals surface area contributed by atoms with E-state index in [0.29, 0.717) is 28.9 Å². The SMILES string of the molecule is O=c1[nH]c2ccc(Cl)cc2n1CC1CCCS1(=O)=O. The molecule has 1 aliphatic rings. The lowest BCUT2D eigenvalue weighted by Gasteiger charge is -2.10. The van der Waals surface area contributed by atoms with Crippen molar-refractivity contribution in [1.29, 1.82) is 0 Å². The summed E-state index contributed by atoms with van der Waals surface area (Å²) in [4.78, 5) is 14.6. The van der Waals surface area contributed by atoms with Gasteiger partial charge in [-0.25, -0.2) is 13.2 Å². The number of nitrogens with one attached hydrogen (secondary N) is 1. The molecule has 0 saturated carbocycles. The van der Waals surface area contributed by atoms with Gasteiger partial charge < -0.3 is 4.98 Å². The molecule has 0 bridgehead atoms. The first-order valence-corrected chi connectivity index (χ1v) is 8.16. The zero-order valence-electron chi connectivity index (χ0n) is 10.1. The number of aromatic nitrogens is 2. The normalized spacial score (nSPS) is 22.1. The third kappa shape index (κ3) is 2.19. The molecule has 1 saturated heterocycles. The zero-order chi connectivity index (χ0) is 13.6. The number of aromatic amines is 1. The van der Waals surface area contributed by atoms with Crippen LogP contribution < -0.4 is 5.69 Å². The number of fused-ring (bicyclic) bond motifs is 1. The molecule has 0 spiro atoms. The average molecular weight is 301 g/mol. The van der Waals surface area contributed by atoms with Crippen LogP contribution >= 0.6 is 11.6 Å². The first kappa shape index (κ1) is 12.7. The molecular formula is C12H13ClN2O3S. The van der Waals surface area contributed by atoms with Crippen molar-refractivity contribution in [3.05, 3.63) is 33.7 Å². The fourth-order valence-corrected chi connectivity index (χ4v) is 4.54. The zero-order valence-corrected chi connectivity index (χ0v) is 11.7. The second-order valence-corrected chi connectivity index (χ2v) is 7.67. The molecule has 19 heavy (non-hydrogen) atoms. The van der Waals surface area contributed by atoms with Crippen LogP contribution in [-0.4, -0.2) is 29.0 Å². The Morgan fingerprint density at radius 1 is 1.42 bits per heavy atom. The predicted octanol–water partition coefficient (Wildman–Crippen LogP) is 1.56. The van der Waals surface area contributed by atoms with Gasteiger partial charge in [0.1, 0.15) is 0 Å². The highest BCUT2D eigenvalue weighted by atomic mass is 35.5. The summed E-state index contributed by atoms with van der Waals surface area (Å²) in [5.41, 5.74) is 1.03. The van der Waals surface area contributed by atoms with E-state index in [-0.39, 0.29) is 18.0 Å². The average Bonchev–Trinajstić information content (AvgIpc) is 2.82. The maximum absolute atomic E-state index is 11.9. The van der Waals surface area contributed by atoms with Gasteiger partial charge in [-0.3, -0.25) is 4.57 Å². The fraction of sp³-hybridized carbons (Fsp3) is 0.417. The number of H-pyrrole nitrogens is 1. The highest BCUT2D eigenvalue weighted by molar-refractivity contribution is 7.92. The summed E-state index contributed by atoms with van der Waals surface area (Å²) in [6.07, 6.45) is 1.28. The second-order valence-electron chi connectivity index (χ2n) is 4.83. The molecule has 0 aliphatic carbocycles. The number of sulfone groups is 1. The summed E-state index contributed by atoms with van der Waals surface area (Å²) in [6.45, 7) is 0.196. The first-order valence-electron chi connectivity index (χ1n) is 6.07. The van der Waals surface area contributed by atoms with E-state index in [0.717, 1.165) is 0 Å². The van der Waals surface area contributed by atoms with Crippen molar-refractivity contribution in [2.24, 2.45) is 0 Å². The lowest BCUT2D eigenvalue weighted by Crippen LogP contribution is -2.28. The van der Waals surface area contributed by atoms with Crippen LogP contribution in [0.2, 0.25) is 5.02 Å². The standard InChI is InChI=1S/C12H13ClN2O3S/c13-8-3-4-10-11(6-8)15(12(16)14-10)7-9-2-1-5-19(9,17)18/h3-4,6,9H,1-2,5,7H2,(H,14,16). The lowest BCUT2D eigenvalue weighted by atomic mass is 10.2. The van der Waals surface area contributed by atoms with Gasteiger partial charge in [0.2, 0.25) is 0 Å². The molecule has 1 atom stereocenters. The van der Waals surface area contributed by atoms with Crippen LogP contribution in [0.15, 0.2) is 23.0 Å². The molecule has 0 radical (unpaired) electrons. The van der Waals surface area contributed by atoms with Crippen molar-refractivity contribution in [2.45, 2.75) is 24.6 Å². The van der Waals surface area contributed by atoms with Crippen LogP contribution in [0.1, 0.15) is 12.8 Å². The van der Waals surface area contributed by atoms with E-state index in [4.69, 9.17) is 11.6 Å². The van der Waals surface area contributed by atoms with Crippen molar-refractivity contribution in [2.75, 3.05) is 5.75 Å². The maximum Gasteiger partial charge on any atom is 0.326 e. The molecule has 5 nitrogen and oxygen atoms in total. The van der Waals surface area contributed by atoms with Gasteiger partial charge in [0.05, 0.1) is 22.0 Å². The molecule has 1 N–H and O–H groups in total. The van der Waals surface area contributed by atoms with Gasteiger partial charge in [0.25, 0.3) is 0 Å². The van der Waals surface area contributed by atoms with Crippen molar-refractivity contribution >= 4 is 32.5 Å². The van der Waals surface area contributed by atoms with Crippen LogP contribution in [0.3, 0.4) is 0 Å². The molecule has 1 aliphatic heterocycles. The fourth-order valence-electron chi connectivity index (χ4n) is 2.57. The summed E-state index contributed by atoms with van der Waals surface area (Å²) in [5, 5.41) is 0.0534. The molecule has 1 aromatic carbocycles. The number of imidazole rings is 1. The van der Waals surface area contributed by atoms with Crippen molar-refractivity contribution in [1.82, 2.24) is 9.55 Å². The summed E-state index contributed by atoms with van der Waals surface area (Å²) in [7, 11) is -3.07. The predicted molar refractivity (Wildman–Crippen MR) is 74.4 cm³/mol. The van der Waals surface area contributed by atoms with Crippen LogP contribution in [0.25, 0.3) is 11.0 Å². The van der Waals surface area contributed by atoms with Gasteiger partial charge in [-0.05, 0) is 31.0 Å². The van der Waals surface area contributed by atoms with E-state index in [1.807, 2.05) is 0 Å². The summed E-state index contributed by atoms with van der Waals surface area (Å²) >= 11 is 5.93. The second kappa shape index (κ2) is 4.38. The Bertz CT molecular complexity index is 791. The minimum absolute atomic E-state index is 0.196. The quantitative estimate of drug-likeness (QED) is 0.915. The Labute approximate surface area is 115 Å². The van der Waals surface area contributed by atoms with Crippen LogP contribution in [-0.2, 0) is 16.4 Å². The molecule has 0 amide bonds. The smallest absolute Gasteiger partial charge is 0.306 e. The van der Waals surface area contributed by atoms with Gasteiger partial charge in [-0.1, -0.05) is 11.6 Å². The first-order chi connectivity index (χ1) is 8.97. The number of benzene rings is 1. The topological polar surface area (TPSA) is 71.9 Å². The van der Waals surface area contributed by atoms with E-state index >= 15 is 0 Å². The van der Waals surface area contributed by atoms with Crippen molar-refractivity contribution in [3.63, 3.8) is 0 Å². The van der Waals surface area contributed by atoms with Crippen LogP contribution in [0.5, 0.6) is 0 Å². The third-order valence-corrected chi connectivity index (χ3v) is 6.08. The van der Waals surface area contributed by atoms with Gasteiger partial charge in [-0.15, -0.1) is 0 Å². The molecule has 7 heteroatoms.